The Bertz CT molecular complexity index is 1020. The van der Waals surface area contributed by atoms with Crippen molar-refractivity contribution in [2.24, 2.45) is 0 Å². The maximum absolute atomic E-state index is 12.6. The van der Waals surface area contributed by atoms with Gasteiger partial charge in [-0.25, -0.2) is 4.98 Å². The summed E-state index contributed by atoms with van der Waals surface area (Å²) in [6, 6.07) is 15.8. The second-order valence-electron chi connectivity index (χ2n) is 6.16. The Morgan fingerprint density at radius 2 is 1.68 bits per heavy atom. The topological polar surface area (TPSA) is 82.5 Å². The predicted octanol–water partition coefficient (Wildman–Crippen LogP) is 2.87. The van der Waals surface area contributed by atoms with Crippen molar-refractivity contribution in [3.8, 4) is 22.9 Å². The van der Waals surface area contributed by atoms with Gasteiger partial charge in [-0.3, -0.25) is 14.2 Å². The van der Waals surface area contributed by atoms with Gasteiger partial charge in [0, 0.05) is 41.2 Å². The summed E-state index contributed by atoms with van der Waals surface area (Å²) in [5, 5.41) is 2.77. The Hall–Kier alpha value is -3.61. The number of aromatic nitrogens is 2. The molecule has 0 atom stereocenters. The molecule has 7 nitrogen and oxygen atoms in total. The lowest BCUT2D eigenvalue weighted by Crippen LogP contribution is -2.29. The molecule has 0 unspecified atom stereocenters. The standard InChI is InChI=1S/C21H21N3O4/c1-14-9-20(26)24(21(22-14)15-7-5-4-6-8-15)13-19(25)23-16-10-17(27-2)12-18(11-16)28-3/h4-12H,13H2,1-3H3,(H,23,25). The summed E-state index contributed by atoms with van der Waals surface area (Å²) in [6.45, 7) is 1.58. The van der Waals surface area contributed by atoms with E-state index in [1.54, 1.807) is 25.1 Å². The largest absolute Gasteiger partial charge is 0.497 e. The first-order valence-corrected chi connectivity index (χ1v) is 8.67. The van der Waals surface area contributed by atoms with Crippen molar-refractivity contribution in [2.75, 3.05) is 19.5 Å². The van der Waals surface area contributed by atoms with E-state index in [1.807, 2.05) is 30.3 Å². The third-order valence-corrected chi connectivity index (χ3v) is 4.11. The van der Waals surface area contributed by atoms with E-state index >= 15 is 0 Å². The van der Waals surface area contributed by atoms with Crippen molar-refractivity contribution in [1.82, 2.24) is 9.55 Å². The van der Waals surface area contributed by atoms with Gasteiger partial charge < -0.3 is 14.8 Å². The smallest absolute Gasteiger partial charge is 0.254 e. The lowest BCUT2D eigenvalue weighted by Gasteiger charge is -2.14. The van der Waals surface area contributed by atoms with Crippen LogP contribution in [-0.2, 0) is 11.3 Å². The highest BCUT2D eigenvalue weighted by molar-refractivity contribution is 5.91. The first kappa shape index (κ1) is 19.2. The van der Waals surface area contributed by atoms with Gasteiger partial charge in [-0.15, -0.1) is 0 Å². The molecule has 0 spiro atoms. The van der Waals surface area contributed by atoms with Crippen molar-refractivity contribution >= 4 is 11.6 Å². The third-order valence-electron chi connectivity index (χ3n) is 4.11. The number of ether oxygens (including phenoxy) is 2. The van der Waals surface area contributed by atoms with E-state index in [0.717, 1.165) is 5.56 Å². The van der Waals surface area contributed by atoms with Crippen molar-refractivity contribution in [2.45, 2.75) is 13.5 Å². The molecule has 3 aromatic rings. The summed E-state index contributed by atoms with van der Waals surface area (Å²) in [5.74, 6) is 1.19. The molecule has 0 saturated heterocycles. The zero-order valence-corrected chi connectivity index (χ0v) is 15.9. The number of hydrogen-bond acceptors (Lipinski definition) is 5. The van der Waals surface area contributed by atoms with Crippen molar-refractivity contribution in [3.05, 3.63) is 70.6 Å². The van der Waals surface area contributed by atoms with Crippen LogP contribution in [-0.4, -0.2) is 29.7 Å². The van der Waals surface area contributed by atoms with Crippen LogP contribution in [0.1, 0.15) is 5.69 Å². The van der Waals surface area contributed by atoms with Crippen molar-refractivity contribution < 1.29 is 14.3 Å². The van der Waals surface area contributed by atoms with Gasteiger partial charge in [0.05, 0.1) is 14.2 Å². The number of nitrogens with zero attached hydrogens (tertiary/aromatic N) is 2. The molecule has 3 rings (SSSR count). The highest BCUT2D eigenvalue weighted by Crippen LogP contribution is 2.25. The van der Waals surface area contributed by atoms with Gasteiger partial charge in [-0.05, 0) is 6.92 Å². The Morgan fingerprint density at radius 3 is 2.29 bits per heavy atom. The van der Waals surface area contributed by atoms with E-state index in [1.165, 1.54) is 24.9 Å². The molecule has 0 saturated carbocycles. The van der Waals surface area contributed by atoms with Gasteiger partial charge in [0.25, 0.3) is 5.56 Å². The third kappa shape index (κ3) is 4.37. The second-order valence-corrected chi connectivity index (χ2v) is 6.16. The number of aryl methyl sites for hydroxylation is 1. The first-order valence-electron chi connectivity index (χ1n) is 8.67. The summed E-state index contributed by atoms with van der Waals surface area (Å²) in [4.78, 5) is 29.6. The minimum absolute atomic E-state index is 0.171. The molecular formula is C21H21N3O4. The quantitative estimate of drug-likeness (QED) is 0.712. The average molecular weight is 379 g/mol. The zero-order chi connectivity index (χ0) is 20.1. The number of rotatable bonds is 6. The lowest BCUT2D eigenvalue weighted by molar-refractivity contribution is -0.116. The normalized spacial score (nSPS) is 10.4. The number of carbonyl (C=O) groups excluding carboxylic acids is 1. The van der Waals surface area contributed by atoms with E-state index in [2.05, 4.69) is 10.3 Å². The minimum Gasteiger partial charge on any atom is -0.497 e. The molecule has 0 bridgehead atoms. The monoisotopic (exact) mass is 379 g/mol. The van der Waals surface area contributed by atoms with Gasteiger partial charge in [0.15, 0.2) is 0 Å². The Kier molecular flexibility index (Phi) is 5.74. The Balaban J connectivity index is 1.90. The van der Waals surface area contributed by atoms with Crippen molar-refractivity contribution in [3.63, 3.8) is 0 Å². The second kappa shape index (κ2) is 8.39. The fourth-order valence-electron chi connectivity index (χ4n) is 2.80. The van der Waals surface area contributed by atoms with Crippen LogP contribution < -0.4 is 20.3 Å². The highest BCUT2D eigenvalue weighted by atomic mass is 16.5. The van der Waals surface area contributed by atoms with Gasteiger partial charge in [-0.1, -0.05) is 30.3 Å². The number of amides is 1. The van der Waals surface area contributed by atoms with E-state index in [-0.39, 0.29) is 18.0 Å². The molecule has 144 valence electrons. The number of hydrogen-bond donors (Lipinski definition) is 1. The summed E-state index contributed by atoms with van der Waals surface area (Å²) in [7, 11) is 3.06. The molecule has 28 heavy (non-hydrogen) atoms. The van der Waals surface area contributed by atoms with Gasteiger partial charge in [-0.2, -0.15) is 0 Å². The Morgan fingerprint density at radius 1 is 1.04 bits per heavy atom. The van der Waals surface area contributed by atoms with E-state index < -0.39 is 0 Å². The summed E-state index contributed by atoms with van der Waals surface area (Å²) >= 11 is 0. The maximum atomic E-state index is 12.6. The molecule has 0 aliphatic heterocycles. The Labute approximate surface area is 162 Å². The van der Waals surface area contributed by atoms with Crippen molar-refractivity contribution in [1.29, 1.82) is 0 Å². The van der Waals surface area contributed by atoms with E-state index in [9.17, 15) is 9.59 Å². The summed E-state index contributed by atoms with van der Waals surface area (Å²) in [5.41, 5.74) is 1.58. The van der Waals surface area contributed by atoms with Crippen LogP contribution in [0.2, 0.25) is 0 Å². The number of anilines is 1. The fourth-order valence-corrected chi connectivity index (χ4v) is 2.80. The van der Waals surface area contributed by atoms with Crippen LogP contribution in [0.25, 0.3) is 11.4 Å². The van der Waals surface area contributed by atoms with E-state index in [4.69, 9.17) is 9.47 Å². The maximum Gasteiger partial charge on any atom is 0.254 e. The van der Waals surface area contributed by atoms with Crippen LogP contribution >= 0.6 is 0 Å². The predicted molar refractivity (Wildman–Crippen MR) is 107 cm³/mol. The highest BCUT2D eigenvalue weighted by Gasteiger charge is 2.14. The molecule has 1 amide bonds. The van der Waals surface area contributed by atoms with Gasteiger partial charge >= 0.3 is 0 Å². The molecule has 1 N–H and O–H groups in total. The molecule has 0 fully saturated rings. The molecule has 2 aromatic carbocycles. The molecule has 1 heterocycles. The SMILES string of the molecule is COc1cc(NC(=O)Cn2c(-c3ccccc3)nc(C)cc2=O)cc(OC)c1. The molecular weight excluding hydrogens is 358 g/mol. The van der Waals surface area contributed by atoms with E-state index in [0.29, 0.717) is 28.7 Å². The number of benzene rings is 2. The summed E-state index contributed by atoms with van der Waals surface area (Å²) in [6.07, 6.45) is 0. The van der Waals surface area contributed by atoms with Gasteiger partial charge in [0.2, 0.25) is 5.91 Å². The molecule has 0 radical (unpaired) electrons. The number of methoxy groups -OCH3 is 2. The van der Waals surface area contributed by atoms with Crippen LogP contribution in [0.3, 0.4) is 0 Å². The molecule has 7 heteroatoms. The minimum atomic E-state index is -0.361. The number of carbonyl (C=O) groups is 1. The average Bonchev–Trinajstić information content (AvgIpc) is 2.70. The van der Waals surface area contributed by atoms with Crippen LogP contribution in [0, 0.1) is 6.92 Å². The van der Waals surface area contributed by atoms with Crippen LogP contribution in [0.5, 0.6) is 11.5 Å². The molecule has 0 aliphatic rings. The first-order chi connectivity index (χ1) is 13.5. The lowest BCUT2D eigenvalue weighted by atomic mass is 10.2. The van der Waals surface area contributed by atoms with Crippen LogP contribution in [0.15, 0.2) is 59.4 Å². The zero-order valence-electron chi connectivity index (χ0n) is 15.9. The number of nitrogens with one attached hydrogen (secondary N) is 1. The van der Waals surface area contributed by atoms with Crippen LogP contribution in [0.4, 0.5) is 5.69 Å². The summed E-state index contributed by atoms with van der Waals surface area (Å²) < 4.78 is 11.8. The van der Waals surface area contributed by atoms with Gasteiger partial charge in [0.1, 0.15) is 23.9 Å². The molecule has 0 aliphatic carbocycles. The fraction of sp³-hybridized carbons (Fsp3) is 0.190. The molecule has 1 aromatic heterocycles.